The third-order valence-corrected chi connectivity index (χ3v) is 2.58. The minimum atomic E-state index is -0.454. The van der Waals surface area contributed by atoms with Crippen molar-refractivity contribution in [1.82, 2.24) is 15.0 Å². The van der Waals surface area contributed by atoms with Gasteiger partial charge in [0.05, 0.1) is 11.0 Å². The first-order valence-electron chi connectivity index (χ1n) is 5.56. The Hall–Kier alpha value is -2.44. The van der Waals surface area contributed by atoms with Crippen LogP contribution in [-0.2, 0) is 0 Å². The molecule has 2 aromatic heterocycles. The van der Waals surface area contributed by atoms with Crippen molar-refractivity contribution in [3.8, 4) is 0 Å². The standard InChI is InChI=1S/C11H13N5O2/c1-2-8(11-13-5-6-14-11)15-9-3-4-12-7-10(9)16(17)18/h3-8H,2H2,1H3,(H,12,15)(H,13,14). The molecule has 2 N–H and O–H groups in total. The highest BCUT2D eigenvalue weighted by atomic mass is 16.6. The molecule has 0 aromatic carbocycles. The Morgan fingerprint density at radius 3 is 3.00 bits per heavy atom. The van der Waals surface area contributed by atoms with Gasteiger partial charge in [-0.3, -0.25) is 15.1 Å². The van der Waals surface area contributed by atoms with E-state index in [0.717, 1.165) is 12.2 Å². The van der Waals surface area contributed by atoms with Crippen LogP contribution in [0.5, 0.6) is 0 Å². The van der Waals surface area contributed by atoms with Crippen molar-refractivity contribution in [1.29, 1.82) is 0 Å². The Morgan fingerprint density at radius 1 is 1.56 bits per heavy atom. The van der Waals surface area contributed by atoms with Crippen molar-refractivity contribution in [3.05, 3.63) is 46.8 Å². The molecule has 2 rings (SSSR count). The summed E-state index contributed by atoms with van der Waals surface area (Å²) < 4.78 is 0. The molecule has 0 radical (unpaired) electrons. The maximum Gasteiger partial charge on any atom is 0.310 e. The molecule has 2 aromatic rings. The summed E-state index contributed by atoms with van der Waals surface area (Å²) in [5.41, 5.74) is 0.403. The number of imidazole rings is 1. The molecule has 18 heavy (non-hydrogen) atoms. The van der Waals surface area contributed by atoms with E-state index in [0.29, 0.717) is 5.69 Å². The van der Waals surface area contributed by atoms with Crippen LogP contribution < -0.4 is 5.32 Å². The highest BCUT2D eigenvalue weighted by Crippen LogP contribution is 2.27. The van der Waals surface area contributed by atoms with Crippen molar-refractivity contribution in [2.75, 3.05) is 5.32 Å². The molecule has 7 nitrogen and oxygen atoms in total. The second-order valence-corrected chi connectivity index (χ2v) is 3.73. The van der Waals surface area contributed by atoms with Gasteiger partial charge in [0, 0.05) is 18.6 Å². The van der Waals surface area contributed by atoms with Crippen LogP contribution in [0.15, 0.2) is 30.9 Å². The Labute approximate surface area is 103 Å². The van der Waals surface area contributed by atoms with Crippen LogP contribution in [0.2, 0.25) is 0 Å². The van der Waals surface area contributed by atoms with Gasteiger partial charge in [-0.1, -0.05) is 6.92 Å². The zero-order valence-electron chi connectivity index (χ0n) is 9.83. The highest BCUT2D eigenvalue weighted by molar-refractivity contribution is 5.60. The average molecular weight is 247 g/mol. The lowest BCUT2D eigenvalue weighted by Gasteiger charge is -2.15. The number of hydrogen-bond donors (Lipinski definition) is 2. The molecule has 1 atom stereocenters. The van der Waals surface area contributed by atoms with Crippen LogP contribution in [0, 0.1) is 10.1 Å². The molecule has 0 amide bonds. The van der Waals surface area contributed by atoms with Crippen LogP contribution >= 0.6 is 0 Å². The summed E-state index contributed by atoms with van der Waals surface area (Å²) in [6, 6.07) is 1.49. The Kier molecular flexibility index (Phi) is 3.52. The van der Waals surface area contributed by atoms with Crippen LogP contribution in [-0.4, -0.2) is 19.9 Å². The fraction of sp³-hybridized carbons (Fsp3) is 0.273. The number of nitrogens with zero attached hydrogens (tertiary/aromatic N) is 3. The molecule has 0 fully saturated rings. The number of nitro groups is 1. The van der Waals surface area contributed by atoms with Gasteiger partial charge in [0.2, 0.25) is 0 Å². The predicted octanol–water partition coefficient (Wildman–Crippen LogP) is 2.28. The van der Waals surface area contributed by atoms with Gasteiger partial charge < -0.3 is 10.3 Å². The number of aromatic amines is 1. The third kappa shape index (κ3) is 2.45. The second kappa shape index (κ2) is 5.26. The zero-order chi connectivity index (χ0) is 13.0. The normalized spacial score (nSPS) is 12.1. The van der Waals surface area contributed by atoms with E-state index in [4.69, 9.17) is 0 Å². The first kappa shape index (κ1) is 12.0. The fourth-order valence-corrected chi connectivity index (χ4v) is 1.67. The minimum absolute atomic E-state index is 0.0393. The fourth-order valence-electron chi connectivity index (χ4n) is 1.67. The molecule has 0 aliphatic rings. The quantitative estimate of drug-likeness (QED) is 0.624. The third-order valence-electron chi connectivity index (χ3n) is 2.58. The molecule has 0 saturated carbocycles. The van der Waals surface area contributed by atoms with E-state index in [1.54, 1.807) is 18.5 Å². The molecular weight excluding hydrogens is 234 g/mol. The predicted molar refractivity (Wildman–Crippen MR) is 66.1 cm³/mol. The number of nitrogens with one attached hydrogen (secondary N) is 2. The molecule has 0 saturated heterocycles. The van der Waals surface area contributed by atoms with Gasteiger partial charge in [-0.15, -0.1) is 0 Å². The van der Waals surface area contributed by atoms with Crippen LogP contribution in [0.3, 0.4) is 0 Å². The lowest BCUT2D eigenvalue weighted by Crippen LogP contribution is -2.12. The van der Waals surface area contributed by atoms with Gasteiger partial charge >= 0.3 is 5.69 Å². The van der Waals surface area contributed by atoms with E-state index in [9.17, 15) is 10.1 Å². The second-order valence-electron chi connectivity index (χ2n) is 3.73. The maximum absolute atomic E-state index is 10.9. The molecule has 0 spiro atoms. The van der Waals surface area contributed by atoms with Crippen molar-refractivity contribution in [2.24, 2.45) is 0 Å². The molecular formula is C11H13N5O2. The van der Waals surface area contributed by atoms with Gasteiger partial charge in [0.15, 0.2) is 0 Å². The monoisotopic (exact) mass is 247 g/mol. The average Bonchev–Trinajstić information content (AvgIpc) is 2.90. The number of hydrogen-bond acceptors (Lipinski definition) is 5. The van der Waals surface area contributed by atoms with Crippen molar-refractivity contribution in [2.45, 2.75) is 19.4 Å². The largest absolute Gasteiger partial charge is 0.370 e. The molecule has 2 heterocycles. The number of anilines is 1. The molecule has 0 aliphatic carbocycles. The first-order valence-corrected chi connectivity index (χ1v) is 5.56. The summed E-state index contributed by atoms with van der Waals surface area (Å²) in [5, 5.41) is 14.0. The van der Waals surface area contributed by atoms with Crippen molar-refractivity contribution < 1.29 is 4.92 Å². The van der Waals surface area contributed by atoms with Crippen LogP contribution in [0.4, 0.5) is 11.4 Å². The number of aromatic nitrogens is 3. The van der Waals surface area contributed by atoms with E-state index in [-0.39, 0.29) is 11.7 Å². The summed E-state index contributed by atoms with van der Waals surface area (Å²) in [6.45, 7) is 1.98. The highest BCUT2D eigenvalue weighted by Gasteiger charge is 2.18. The van der Waals surface area contributed by atoms with E-state index in [1.165, 1.54) is 12.4 Å². The van der Waals surface area contributed by atoms with Crippen molar-refractivity contribution in [3.63, 3.8) is 0 Å². The minimum Gasteiger partial charge on any atom is -0.370 e. The molecule has 1 unspecified atom stereocenters. The van der Waals surface area contributed by atoms with Crippen LogP contribution in [0.25, 0.3) is 0 Å². The number of H-pyrrole nitrogens is 1. The van der Waals surface area contributed by atoms with Crippen molar-refractivity contribution >= 4 is 11.4 Å². The Bertz CT molecular complexity index is 526. The molecule has 0 aliphatic heterocycles. The van der Waals surface area contributed by atoms with Crippen LogP contribution in [0.1, 0.15) is 25.2 Å². The number of rotatable bonds is 5. The van der Waals surface area contributed by atoms with Gasteiger partial charge in [-0.05, 0) is 12.5 Å². The lowest BCUT2D eigenvalue weighted by atomic mass is 10.2. The Morgan fingerprint density at radius 2 is 2.39 bits per heavy atom. The summed E-state index contributed by atoms with van der Waals surface area (Å²) in [7, 11) is 0. The van der Waals surface area contributed by atoms with E-state index < -0.39 is 4.92 Å². The zero-order valence-corrected chi connectivity index (χ0v) is 9.83. The molecule has 7 heteroatoms. The first-order chi connectivity index (χ1) is 8.72. The summed E-state index contributed by atoms with van der Waals surface area (Å²) >= 11 is 0. The van der Waals surface area contributed by atoms with E-state index >= 15 is 0 Å². The Balaban J connectivity index is 2.25. The van der Waals surface area contributed by atoms with Gasteiger partial charge in [0.25, 0.3) is 0 Å². The summed E-state index contributed by atoms with van der Waals surface area (Å²) in [4.78, 5) is 21.3. The van der Waals surface area contributed by atoms with Gasteiger partial charge in [-0.25, -0.2) is 4.98 Å². The summed E-state index contributed by atoms with van der Waals surface area (Å²) in [5.74, 6) is 0.753. The smallest absolute Gasteiger partial charge is 0.310 e. The SMILES string of the molecule is CCC(Nc1ccncc1[N+](=O)[O-])c1ncc[nH]1. The number of pyridine rings is 1. The van der Waals surface area contributed by atoms with Gasteiger partial charge in [-0.2, -0.15) is 0 Å². The molecule has 94 valence electrons. The topological polar surface area (TPSA) is 96.7 Å². The van der Waals surface area contributed by atoms with Gasteiger partial charge in [0.1, 0.15) is 17.7 Å². The molecule has 0 bridgehead atoms. The lowest BCUT2D eigenvalue weighted by molar-refractivity contribution is -0.384. The van der Waals surface area contributed by atoms with E-state index in [2.05, 4.69) is 20.3 Å². The summed E-state index contributed by atoms with van der Waals surface area (Å²) in [6.07, 6.45) is 6.88. The van der Waals surface area contributed by atoms with E-state index in [1.807, 2.05) is 6.92 Å². The maximum atomic E-state index is 10.9.